The van der Waals surface area contributed by atoms with E-state index in [4.69, 9.17) is 11.1 Å². The van der Waals surface area contributed by atoms with E-state index in [1.165, 1.54) is 0 Å². The Morgan fingerprint density at radius 2 is 1.45 bits per heavy atom. The van der Waals surface area contributed by atoms with E-state index in [-0.39, 0.29) is 5.84 Å². The molecule has 4 N–H and O–H groups in total. The van der Waals surface area contributed by atoms with Crippen LogP contribution in [0.1, 0.15) is 16.5 Å². The molecule has 1 saturated heterocycles. The van der Waals surface area contributed by atoms with Gasteiger partial charge in [0.2, 0.25) is 0 Å². The van der Waals surface area contributed by atoms with Gasteiger partial charge in [-0.1, -0.05) is 66.7 Å². The molecule has 0 aromatic heterocycles. The molecule has 0 bridgehead atoms. The van der Waals surface area contributed by atoms with Crippen LogP contribution in [0.25, 0.3) is 11.1 Å². The second-order valence-corrected chi connectivity index (χ2v) is 9.62. The summed E-state index contributed by atoms with van der Waals surface area (Å²) in [4.78, 5) is 2.30. The van der Waals surface area contributed by atoms with Gasteiger partial charge in [0.1, 0.15) is 11.2 Å². The standard InChI is InChI=1S/C24H26N4O2S/c25-23(26)20-6-8-21(9-7-20)24(28-16-14-27-15-17-28)31(29,30)22-12-10-19(11-13-22)18-4-2-1-3-5-18/h1-13,24,27H,14-17H2,(H3,25,26). The summed E-state index contributed by atoms with van der Waals surface area (Å²) in [6.07, 6.45) is 0. The summed E-state index contributed by atoms with van der Waals surface area (Å²) in [7, 11) is -3.67. The molecule has 6 nitrogen and oxygen atoms in total. The predicted molar refractivity (Wildman–Crippen MR) is 124 cm³/mol. The van der Waals surface area contributed by atoms with Crippen molar-refractivity contribution in [2.75, 3.05) is 26.2 Å². The van der Waals surface area contributed by atoms with Crippen LogP contribution in [0.5, 0.6) is 0 Å². The number of amidine groups is 1. The van der Waals surface area contributed by atoms with Crippen LogP contribution in [0.4, 0.5) is 0 Å². The van der Waals surface area contributed by atoms with E-state index in [1.807, 2.05) is 47.4 Å². The average molecular weight is 435 g/mol. The highest BCUT2D eigenvalue weighted by Crippen LogP contribution is 2.33. The second kappa shape index (κ2) is 9.01. The number of nitrogens with one attached hydrogen (secondary N) is 2. The number of rotatable bonds is 6. The number of hydrogen-bond acceptors (Lipinski definition) is 5. The lowest BCUT2D eigenvalue weighted by Crippen LogP contribution is -2.47. The zero-order valence-electron chi connectivity index (χ0n) is 17.2. The van der Waals surface area contributed by atoms with E-state index in [2.05, 4.69) is 5.32 Å². The number of piperazine rings is 1. The summed E-state index contributed by atoms with van der Waals surface area (Å²) in [5, 5.41) is 10.1. The van der Waals surface area contributed by atoms with Crippen LogP contribution in [0.2, 0.25) is 0 Å². The lowest BCUT2D eigenvalue weighted by molar-refractivity contribution is 0.219. The summed E-state index contributed by atoms with van der Waals surface area (Å²) in [5.74, 6) is -0.0374. The molecule has 1 aliphatic heterocycles. The minimum absolute atomic E-state index is 0.0374. The molecule has 1 unspecified atom stereocenters. The molecule has 0 radical (unpaired) electrons. The van der Waals surface area contributed by atoms with Crippen molar-refractivity contribution in [3.63, 3.8) is 0 Å². The molecule has 0 aliphatic carbocycles. The highest BCUT2D eigenvalue weighted by atomic mass is 32.2. The van der Waals surface area contributed by atoms with Gasteiger partial charge in [-0.25, -0.2) is 8.42 Å². The van der Waals surface area contributed by atoms with Crippen LogP contribution in [-0.4, -0.2) is 45.3 Å². The maximum absolute atomic E-state index is 13.8. The van der Waals surface area contributed by atoms with Crippen molar-refractivity contribution in [3.05, 3.63) is 90.0 Å². The minimum atomic E-state index is -3.67. The maximum atomic E-state index is 13.8. The normalized spacial score (nSPS) is 16.0. The SMILES string of the molecule is N=C(N)c1ccc(C(N2CCNCC2)S(=O)(=O)c2ccc(-c3ccccc3)cc2)cc1. The Hall–Kier alpha value is -3.00. The quantitative estimate of drug-likeness (QED) is 0.409. The van der Waals surface area contributed by atoms with Crippen molar-refractivity contribution in [1.82, 2.24) is 10.2 Å². The van der Waals surface area contributed by atoms with Crippen molar-refractivity contribution in [3.8, 4) is 11.1 Å². The van der Waals surface area contributed by atoms with E-state index >= 15 is 0 Å². The maximum Gasteiger partial charge on any atom is 0.198 e. The molecule has 1 heterocycles. The van der Waals surface area contributed by atoms with Crippen LogP contribution in [0, 0.1) is 5.41 Å². The van der Waals surface area contributed by atoms with Gasteiger partial charge >= 0.3 is 0 Å². The molecule has 3 aromatic rings. The van der Waals surface area contributed by atoms with Crippen molar-refractivity contribution < 1.29 is 8.42 Å². The zero-order valence-corrected chi connectivity index (χ0v) is 18.0. The number of hydrogen-bond donors (Lipinski definition) is 3. The fraction of sp³-hybridized carbons (Fsp3) is 0.208. The van der Waals surface area contributed by atoms with Crippen LogP contribution >= 0.6 is 0 Å². The fourth-order valence-corrected chi connectivity index (χ4v) is 5.82. The molecule has 0 amide bonds. The van der Waals surface area contributed by atoms with E-state index in [0.29, 0.717) is 29.1 Å². The smallest absolute Gasteiger partial charge is 0.198 e. The third-order valence-electron chi connectivity index (χ3n) is 5.57. The Balaban J connectivity index is 1.71. The number of benzene rings is 3. The van der Waals surface area contributed by atoms with Crippen molar-refractivity contribution in [1.29, 1.82) is 5.41 Å². The van der Waals surface area contributed by atoms with Gasteiger partial charge in [-0.2, -0.15) is 0 Å². The molecule has 1 fully saturated rings. The Morgan fingerprint density at radius 3 is 2.03 bits per heavy atom. The lowest BCUT2D eigenvalue weighted by atomic mass is 10.1. The molecule has 31 heavy (non-hydrogen) atoms. The molecule has 0 spiro atoms. The average Bonchev–Trinajstić information content (AvgIpc) is 2.81. The topological polar surface area (TPSA) is 99.3 Å². The monoisotopic (exact) mass is 434 g/mol. The van der Waals surface area contributed by atoms with Gasteiger partial charge in [-0.15, -0.1) is 0 Å². The van der Waals surface area contributed by atoms with Gasteiger partial charge in [0.25, 0.3) is 0 Å². The van der Waals surface area contributed by atoms with Crippen LogP contribution in [0.15, 0.2) is 83.8 Å². The van der Waals surface area contributed by atoms with Crippen LogP contribution < -0.4 is 11.1 Å². The summed E-state index contributed by atoms with van der Waals surface area (Å²) in [6.45, 7) is 2.76. The van der Waals surface area contributed by atoms with Gasteiger partial charge in [0.15, 0.2) is 9.84 Å². The van der Waals surface area contributed by atoms with Gasteiger partial charge in [0, 0.05) is 31.7 Å². The third kappa shape index (κ3) is 4.54. The molecule has 1 atom stereocenters. The second-order valence-electron chi connectivity index (χ2n) is 7.61. The number of nitrogen functional groups attached to an aromatic ring is 1. The predicted octanol–water partition coefficient (Wildman–Crippen LogP) is 3.02. The van der Waals surface area contributed by atoms with Crippen molar-refractivity contribution >= 4 is 15.7 Å². The number of nitrogens with zero attached hydrogens (tertiary/aromatic N) is 1. The van der Waals surface area contributed by atoms with Gasteiger partial charge in [-0.05, 0) is 28.8 Å². The van der Waals surface area contributed by atoms with Gasteiger partial charge in [0.05, 0.1) is 4.90 Å². The molecular formula is C24H26N4O2S. The van der Waals surface area contributed by atoms with Crippen LogP contribution in [-0.2, 0) is 9.84 Å². The molecule has 1 aliphatic rings. The first-order valence-corrected chi connectivity index (χ1v) is 11.8. The Morgan fingerprint density at radius 1 is 0.871 bits per heavy atom. The molecule has 3 aromatic carbocycles. The molecular weight excluding hydrogens is 408 g/mol. The largest absolute Gasteiger partial charge is 0.384 e. The van der Waals surface area contributed by atoms with Crippen molar-refractivity contribution in [2.24, 2.45) is 5.73 Å². The highest BCUT2D eigenvalue weighted by molar-refractivity contribution is 7.91. The fourth-order valence-electron chi connectivity index (χ4n) is 3.93. The zero-order chi connectivity index (χ0) is 21.8. The van der Waals surface area contributed by atoms with E-state index in [0.717, 1.165) is 24.2 Å². The molecule has 7 heteroatoms. The number of nitrogens with two attached hydrogens (primary N) is 1. The van der Waals surface area contributed by atoms with Crippen LogP contribution in [0.3, 0.4) is 0 Å². The first-order chi connectivity index (χ1) is 15.0. The van der Waals surface area contributed by atoms with Gasteiger partial charge < -0.3 is 11.1 Å². The van der Waals surface area contributed by atoms with E-state index < -0.39 is 15.2 Å². The highest BCUT2D eigenvalue weighted by Gasteiger charge is 2.35. The first kappa shape index (κ1) is 21.2. The molecule has 4 rings (SSSR count). The Labute approximate surface area is 183 Å². The molecule has 160 valence electrons. The lowest BCUT2D eigenvalue weighted by Gasteiger charge is -2.34. The summed E-state index contributed by atoms with van der Waals surface area (Å²) < 4.78 is 27.5. The third-order valence-corrected chi connectivity index (χ3v) is 7.66. The number of sulfone groups is 1. The Bertz CT molecular complexity index is 1140. The van der Waals surface area contributed by atoms with E-state index in [1.54, 1.807) is 36.4 Å². The Kier molecular flexibility index (Phi) is 6.18. The first-order valence-electron chi connectivity index (χ1n) is 10.3. The minimum Gasteiger partial charge on any atom is -0.384 e. The summed E-state index contributed by atoms with van der Waals surface area (Å²) >= 11 is 0. The van der Waals surface area contributed by atoms with E-state index in [9.17, 15) is 8.42 Å². The van der Waals surface area contributed by atoms with Gasteiger partial charge in [-0.3, -0.25) is 10.3 Å². The molecule has 0 saturated carbocycles. The van der Waals surface area contributed by atoms with Crippen molar-refractivity contribution in [2.45, 2.75) is 10.3 Å². The summed E-state index contributed by atoms with van der Waals surface area (Å²) in [5.41, 5.74) is 8.85. The summed E-state index contributed by atoms with van der Waals surface area (Å²) in [6, 6.07) is 23.9.